The first-order valence-electron chi connectivity index (χ1n) is 15.4. The molecule has 3 rings (SSSR count). The van der Waals surface area contributed by atoms with Gasteiger partial charge in [-0.15, -0.1) is 10.2 Å². The third kappa shape index (κ3) is 11.0. The van der Waals surface area contributed by atoms with Crippen LogP contribution in [0.1, 0.15) is 101 Å². The number of nitrogens with zero attached hydrogens (tertiary/aromatic N) is 2. The Bertz CT molecular complexity index is 997. The summed E-state index contributed by atoms with van der Waals surface area (Å²) in [5.74, 6) is 0. The average molecular weight is 632 g/mol. The summed E-state index contributed by atoms with van der Waals surface area (Å²) in [5.41, 5.74) is 1.92. The quantitative estimate of drug-likeness (QED) is 0.136. The van der Waals surface area contributed by atoms with E-state index in [4.69, 9.17) is 46.9 Å². The van der Waals surface area contributed by atoms with Crippen molar-refractivity contribution in [3.05, 3.63) is 43.8 Å². The van der Waals surface area contributed by atoms with Crippen molar-refractivity contribution in [2.75, 3.05) is 33.0 Å². The Labute approximate surface area is 260 Å². The van der Waals surface area contributed by atoms with Crippen LogP contribution in [0, 0.1) is 0 Å². The zero-order valence-corrected chi connectivity index (χ0v) is 27.4. The standard InChI is InChI=1S/C31H48Cl2N2O5S/c1-5-9-15-36-21-25-28(37-16-10-6-2)30(39-18-12-8-4)29(38-17-11-7-3)27(40-25)22-13-14-24(32)23(19-22)20-26-34-35-31(33)41-26/h13-14,19,25,27-30H,5-12,15-18,20-21H2,1-4H3/t25-,27+,28-,29+,30+/m1/s1. The molecule has 5 atom stereocenters. The predicted octanol–water partition coefficient (Wildman–Crippen LogP) is 8.25. The van der Waals surface area contributed by atoms with Crippen LogP contribution < -0.4 is 0 Å². The molecule has 1 aromatic carbocycles. The third-order valence-electron chi connectivity index (χ3n) is 7.16. The number of hydrogen-bond donors (Lipinski definition) is 0. The summed E-state index contributed by atoms with van der Waals surface area (Å²) in [6, 6.07) is 6.04. The molecule has 2 heterocycles. The molecule has 2 aromatic rings. The van der Waals surface area contributed by atoms with Gasteiger partial charge in [-0.25, -0.2) is 0 Å². The topological polar surface area (TPSA) is 71.9 Å². The van der Waals surface area contributed by atoms with Crippen molar-refractivity contribution < 1.29 is 23.7 Å². The first kappa shape index (κ1) is 34.6. The Kier molecular flexibility index (Phi) is 16.4. The van der Waals surface area contributed by atoms with Crippen LogP contribution in [-0.4, -0.2) is 67.6 Å². The Morgan fingerprint density at radius 3 is 2.00 bits per heavy atom. The first-order valence-corrected chi connectivity index (χ1v) is 16.9. The maximum absolute atomic E-state index is 6.88. The minimum Gasteiger partial charge on any atom is -0.379 e. The highest BCUT2D eigenvalue weighted by molar-refractivity contribution is 7.15. The van der Waals surface area contributed by atoms with Gasteiger partial charge in [-0.1, -0.05) is 88.4 Å². The first-order chi connectivity index (χ1) is 20.0. The van der Waals surface area contributed by atoms with E-state index in [0.717, 1.165) is 67.5 Å². The summed E-state index contributed by atoms with van der Waals surface area (Å²) in [5, 5.41) is 9.60. The summed E-state index contributed by atoms with van der Waals surface area (Å²) in [4.78, 5) is 0. The molecule has 0 bridgehead atoms. The van der Waals surface area contributed by atoms with E-state index < -0.39 is 0 Å². The molecular weight excluding hydrogens is 583 g/mol. The van der Waals surface area contributed by atoms with Crippen molar-refractivity contribution in [3.8, 4) is 0 Å². The minimum atomic E-state index is -0.377. The van der Waals surface area contributed by atoms with Gasteiger partial charge in [0, 0.05) is 37.9 Å². The smallest absolute Gasteiger partial charge is 0.207 e. The van der Waals surface area contributed by atoms with Gasteiger partial charge in [-0.05, 0) is 54.5 Å². The van der Waals surface area contributed by atoms with E-state index in [1.54, 1.807) is 0 Å². The second kappa shape index (κ2) is 19.4. The van der Waals surface area contributed by atoms with E-state index in [9.17, 15) is 0 Å². The number of ether oxygens (including phenoxy) is 5. The van der Waals surface area contributed by atoms with Gasteiger partial charge in [-0.2, -0.15) is 0 Å². The maximum atomic E-state index is 6.88. The molecule has 0 unspecified atom stereocenters. The summed E-state index contributed by atoms with van der Waals surface area (Å²) < 4.78 is 33.2. The molecule has 0 spiro atoms. The van der Waals surface area contributed by atoms with Crippen LogP contribution in [-0.2, 0) is 30.1 Å². The zero-order chi connectivity index (χ0) is 29.5. The molecule has 232 valence electrons. The molecule has 1 aliphatic rings. The fourth-order valence-electron chi connectivity index (χ4n) is 4.80. The highest BCUT2D eigenvalue weighted by Gasteiger charge is 2.48. The summed E-state index contributed by atoms with van der Waals surface area (Å²) in [6.07, 6.45) is 7.06. The van der Waals surface area contributed by atoms with Gasteiger partial charge in [-0.3, -0.25) is 0 Å². The largest absolute Gasteiger partial charge is 0.379 e. The van der Waals surface area contributed by atoms with Crippen LogP contribution in [0.3, 0.4) is 0 Å². The molecule has 0 aliphatic carbocycles. The average Bonchev–Trinajstić information content (AvgIpc) is 3.38. The summed E-state index contributed by atoms with van der Waals surface area (Å²) in [6.45, 7) is 11.7. The van der Waals surface area contributed by atoms with Crippen molar-refractivity contribution in [3.63, 3.8) is 0 Å². The van der Waals surface area contributed by atoms with Gasteiger partial charge < -0.3 is 23.7 Å². The highest BCUT2D eigenvalue weighted by Crippen LogP contribution is 2.39. The lowest BCUT2D eigenvalue weighted by molar-refractivity contribution is -0.268. The van der Waals surface area contributed by atoms with Crippen LogP contribution >= 0.6 is 34.5 Å². The molecule has 41 heavy (non-hydrogen) atoms. The van der Waals surface area contributed by atoms with Gasteiger partial charge in [0.25, 0.3) is 0 Å². The third-order valence-corrected chi connectivity index (χ3v) is 8.55. The Morgan fingerprint density at radius 2 is 1.39 bits per heavy atom. The van der Waals surface area contributed by atoms with Crippen LogP contribution in [0.2, 0.25) is 9.49 Å². The van der Waals surface area contributed by atoms with Crippen molar-refractivity contribution in [2.45, 2.75) is 116 Å². The highest BCUT2D eigenvalue weighted by atomic mass is 35.5. The zero-order valence-electron chi connectivity index (χ0n) is 25.1. The predicted molar refractivity (Wildman–Crippen MR) is 166 cm³/mol. The molecule has 0 amide bonds. The van der Waals surface area contributed by atoms with Crippen molar-refractivity contribution in [1.29, 1.82) is 0 Å². The lowest BCUT2D eigenvalue weighted by Crippen LogP contribution is -2.58. The second-order valence-corrected chi connectivity index (χ2v) is 12.6. The lowest BCUT2D eigenvalue weighted by atomic mass is 9.89. The number of rotatable bonds is 20. The molecule has 0 radical (unpaired) electrons. The Morgan fingerprint density at radius 1 is 0.780 bits per heavy atom. The molecule has 1 saturated heterocycles. The molecule has 0 N–H and O–H groups in total. The van der Waals surface area contributed by atoms with E-state index >= 15 is 0 Å². The van der Waals surface area contributed by atoms with Crippen molar-refractivity contribution in [2.24, 2.45) is 0 Å². The van der Waals surface area contributed by atoms with Crippen LogP contribution in [0.4, 0.5) is 0 Å². The van der Waals surface area contributed by atoms with Gasteiger partial charge >= 0.3 is 0 Å². The monoisotopic (exact) mass is 630 g/mol. The number of halogens is 2. The van der Waals surface area contributed by atoms with Crippen molar-refractivity contribution >= 4 is 34.5 Å². The van der Waals surface area contributed by atoms with Gasteiger partial charge in [0.15, 0.2) is 0 Å². The second-order valence-electron chi connectivity index (χ2n) is 10.6. The number of hydrogen-bond acceptors (Lipinski definition) is 8. The number of unbranched alkanes of at least 4 members (excludes halogenated alkanes) is 4. The maximum Gasteiger partial charge on any atom is 0.207 e. The molecule has 1 aliphatic heterocycles. The lowest BCUT2D eigenvalue weighted by Gasteiger charge is -2.46. The van der Waals surface area contributed by atoms with Crippen LogP contribution in [0.5, 0.6) is 0 Å². The minimum absolute atomic E-state index is 0.293. The van der Waals surface area contributed by atoms with Crippen molar-refractivity contribution in [1.82, 2.24) is 10.2 Å². The number of benzene rings is 1. The van der Waals surface area contributed by atoms with Gasteiger partial charge in [0.1, 0.15) is 35.5 Å². The molecule has 1 fully saturated rings. The normalized spacial score (nSPS) is 22.8. The molecule has 7 nitrogen and oxygen atoms in total. The Balaban J connectivity index is 1.97. The van der Waals surface area contributed by atoms with Gasteiger partial charge in [0.2, 0.25) is 4.47 Å². The van der Waals surface area contributed by atoms with E-state index in [2.05, 4.69) is 44.0 Å². The summed E-state index contributed by atoms with van der Waals surface area (Å²) in [7, 11) is 0. The molecule has 1 aromatic heterocycles. The molecule has 10 heteroatoms. The van der Waals surface area contributed by atoms with E-state index in [1.807, 2.05) is 12.1 Å². The van der Waals surface area contributed by atoms with Crippen LogP contribution in [0.25, 0.3) is 0 Å². The SMILES string of the molecule is CCCCOC[C@H]1O[C@@H](c2ccc(Cl)c(Cc3nnc(Cl)s3)c2)[C@H](OCCCC)[C@@H](OCCCC)[C@@H]1OCCCC. The van der Waals surface area contributed by atoms with Gasteiger partial charge in [0.05, 0.1) is 6.61 Å². The van der Waals surface area contributed by atoms with Crippen LogP contribution in [0.15, 0.2) is 18.2 Å². The fourth-order valence-corrected chi connectivity index (χ4v) is 5.88. The molecule has 0 saturated carbocycles. The Hall–Kier alpha value is -0.840. The number of aromatic nitrogens is 2. The molecular formula is C31H48Cl2N2O5S. The van der Waals surface area contributed by atoms with E-state index in [1.165, 1.54) is 11.3 Å². The fraction of sp³-hybridized carbons (Fsp3) is 0.742. The van der Waals surface area contributed by atoms with E-state index in [-0.39, 0.29) is 30.5 Å². The summed E-state index contributed by atoms with van der Waals surface area (Å²) >= 11 is 14.0. The van der Waals surface area contributed by atoms with E-state index in [0.29, 0.717) is 48.9 Å².